The number of benzene rings is 3. The van der Waals surface area contributed by atoms with Gasteiger partial charge in [0.25, 0.3) is 10.0 Å². The largest absolute Gasteiger partial charge is 0.354 e. The van der Waals surface area contributed by atoms with Crippen molar-refractivity contribution in [3.8, 4) is 0 Å². The Kier molecular flexibility index (Phi) is 10.9. The van der Waals surface area contributed by atoms with Crippen molar-refractivity contribution in [3.05, 3.63) is 95.1 Å². The van der Waals surface area contributed by atoms with Gasteiger partial charge in [0.2, 0.25) is 11.8 Å². The highest BCUT2D eigenvalue weighted by molar-refractivity contribution is 7.92. The first-order valence-electron chi connectivity index (χ1n) is 13.8. The molecule has 0 aliphatic carbocycles. The predicted octanol–water partition coefficient (Wildman–Crippen LogP) is 5.18. The van der Waals surface area contributed by atoms with Crippen LogP contribution in [0.15, 0.2) is 77.7 Å². The van der Waals surface area contributed by atoms with E-state index in [0.717, 1.165) is 39.4 Å². The Balaban J connectivity index is 1.97. The number of nitrogens with one attached hydrogen (secondary N) is 1. The SMILES string of the molecule is CCCCNC(=O)[C@@H](C)N(CCc1ccccc1)C(=O)CN(c1ccc(C)c(C)c1)S(=O)(=O)c1ccc(C)cc1. The third-order valence-electron chi connectivity index (χ3n) is 7.15. The number of carbonyl (C=O) groups is 2. The molecule has 1 atom stereocenters. The van der Waals surface area contributed by atoms with Gasteiger partial charge in [-0.3, -0.25) is 13.9 Å². The molecule has 2 amide bonds. The number of unbranched alkanes of at least 4 members (excludes halogenated alkanes) is 1. The summed E-state index contributed by atoms with van der Waals surface area (Å²) in [7, 11) is -4.07. The van der Waals surface area contributed by atoms with Crippen LogP contribution in [0.5, 0.6) is 0 Å². The van der Waals surface area contributed by atoms with Crippen molar-refractivity contribution in [1.29, 1.82) is 0 Å². The summed E-state index contributed by atoms with van der Waals surface area (Å²) < 4.78 is 29.0. The summed E-state index contributed by atoms with van der Waals surface area (Å²) >= 11 is 0. The molecule has 7 nitrogen and oxygen atoms in total. The minimum absolute atomic E-state index is 0.102. The van der Waals surface area contributed by atoms with Crippen molar-refractivity contribution in [3.63, 3.8) is 0 Å². The van der Waals surface area contributed by atoms with Crippen molar-refractivity contribution in [2.45, 2.75) is 64.8 Å². The smallest absolute Gasteiger partial charge is 0.264 e. The molecule has 8 heteroatoms. The molecule has 3 aromatic carbocycles. The summed E-state index contributed by atoms with van der Waals surface area (Å²) in [6.07, 6.45) is 2.31. The van der Waals surface area contributed by atoms with E-state index < -0.39 is 28.5 Å². The van der Waals surface area contributed by atoms with Gasteiger partial charge in [-0.2, -0.15) is 0 Å². The van der Waals surface area contributed by atoms with E-state index in [1.165, 1.54) is 4.90 Å². The minimum atomic E-state index is -4.07. The van der Waals surface area contributed by atoms with E-state index in [2.05, 4.69) is 5.32 Å². The third kappa shape index (κ3) is 7.94. The number of anilines is 1. The third-order valence-corrected chi connectivity index (χ3v) is 8.94. The molecule has 0 heterocycles. The Morgan fingerprint density at radius 2 is 1.57 bits per heavy atom. The molecule has 3 rings (SSSR count). The molecule has 0 aliphatic rings. The van der Waals surface area contributed by atoms with Crippen LogP contribution in [0.1, 0.15) is 48.9 Å². The standard InChI is InChI=1S/C32H41N3O4S/c1-6-7-20-33-32(37)27(5)34(21-19-28-11-9-8-10-12-28)31(36)23-35(29-16-15-25(3)26(4)22-29)40(38,39)30-17-13-24(2)14-18-30/h8-18,22,27H,6-7,19-21,23H2,1-5H3,(H,33,37)/t27-/m1/s1. The van der Waals surface area contributed by atoms with Crippen LogP contribution in [0.25, 0.3) is 0 Å². The second-order valence-electron chi connectivity index (χ2n) is 10.2. The Morgan fingerprint density at radius 3 is 2.20 bits per heavy atom. The van der Waals surface area contributed by atoms with Crippen LogP contribution < -0.4 is 9.62 Å². The highest BCUT2D eigenvalue weighted by Crippen LogP contribution is 2.26. The van der Waals surface area contributed by atoms with E-state index in [0.29, 0.717) is 18.7 Å². The maximum absolute atomic E-state index is 13.9. The van der Waals surface area contributed by atoms with Gasteiger partial charge in [0.05, 0.1) is 10.6 Å². The molecule has 0 aliphatic heterocycles. The fourth-order valence-corrected chi connectivity index (χ4v) is 5.76. The molecule has 0 radical (unpaired) electrons. The molecule has 0 bridgehead atoms. The molecule has 0 aromatic heterocycles. The maximum Gasteiger partial charge on any atom is 0.264 e. The lowest BCUT2D eigenvalue weighted by atomic mass is 10.1. The molecule has 0 spiro atoms. The number of hydrogen-bond donors (Lipinski definition) is 1. The number of nitrogens with zero attached hydrogens (tertiary/aromatic N) is 2. The summed E-state index contributed by atoms with van der Waals surface area (Å²) in [5.41, 5.74) is 4.29. The molecule has 0 saturated heterocycles. The highest BCUT2D eigenvalue weighted by Gasteiger charge is 2.32. The minimum Gasteiger partial charge on any atom is -0.354 e. The number of hydrogen-bond acceptors (Lipinski definition) is 4. The average molecular weight is 564 g/mol. The molecule has 0 saturated carbocycles. The fraction of sp³-hybridized carbons (Fsp3) is 0.375. The van der Waals surface area contributed by atoms with Crippen LogP contribution in [0.4, 0.5) is 5.69 Å². The zero-order valence-electron chi connectivity index (χ0n) is 24.2. The molecule has 0 fully saturated rings. The van der Waals surface area contributed by atoms with E-state index >= 15 is 0 Å². The van der Waals surface area contributed by atoms with Crippen LogP contribution in [0.3, 0.4) is 0 Å². The zero-order chi connectivity index (χ0) is 29.3. The fourth-order valence-electron chi connectivity index (χ4n) is 4.35. The summed E-state index contributed by atoms with van der Waals surface area (Å²) in [5.74, 6) is -0.697. The lowest BCUT2D eigenvalue weighted by molar-refractivity contribution is -0.138. The summed E-state index contributed by atoms with van der Waals surface area (Å²) in [6.45, 7) is 9.85. The van der Waals surface area contributed by atoms with Crippen molar-refractivity contribution < 1.29 is 18.0 Å². The van der Waals surface area contributed by atoms with Crippen molar-refractivity contribution >= 4 is 27.5 Å². The van der Waals surface area contributed by atoms with Gasteiger partial charge in [0.1, 0.15) is 12.6 Å². The lowest BCUT2D eigenvalue weighted by Crippen LogP contribution is -2.52. The number of aryl methyl sites for hydroxylation is 3. The average Bonchev–Trinajstić information content (AvgIpc) is 2.94. The number of carbonyl (C=O) groups excluding carboxylic acids is 2. The van der Waals surface area contributed by atoms with Gasteiger partial charge >= 0.3 is 0 Å². The van der Waals surface area contributed by atoms with Gasteiger partial charge in [-0.25, -0.2) is 8.42 Å². The molecule has 214 valence electrons. The van der Waals surface area contributed by atoms with Crippen molar-refractivity contribution in [2.24, 2.45) is 0 Å². The second kappa shape index (κ2) is 14.1. The van der Waals surface area contributed by atoms with Crippen LogP contribution in [-0.4, -0.2) is 50.8 Å². The molecule has 3 aromatic rings. The Labute approximate surface area is 239 Å². The number of amides is 2. The Hall–Kier alpha value is -3.65. The monoisotopic (exact) mass is 563 g/mol. The first-order chi connectivity index (χ1) is 19.0. The lowest BCUT2D eigenvalue weighted by Gasteiger charge is -2.32. The van der Waals surface area contributed by atoms with Gasteiger partial charge in [-0.05, 0) is 81.5 Å². The van der Waals surface area contributed by atoms with Crippen molar-refractivity contribution in [1.82, 2.24) is 10.2 Å². The van der Waals surface area contributed by atoms with Gasteiger partial charge in [-0.15, -0.1) is 0 Å². The van der Waals surface area contributed by atoms with Gasteiger partial charge < -0.3 is 10.2 Å². The molecule has 0 unspecified atom stereocenters. The van der Waals surface area contributed by atoms with E-state index in [1.807, 2.05) is 64.1 Å². The first-order valence-corrected chi connectivity index (χ1v) is 15.3. The Morgan fingerprint density at radius 1 is 0.900 bits per heavy atom. The van der Waals surface area contributed by atoms with Crippen LogP contribution in [0.2, 0.25) is 0 Å². The predicted molar refractivity (Wildman–Crippen MR) is 161 cm³/mol. The van der Waals surface area contributed by atoms with E-state index in [-0.39, 0.29) is 17.3 Å². The maximum atomic E-state index is 13.9. The van der Waals surface area contributed by atoms with Crippen LogP contribution >= 0.6 is 0 Å². The van der Waals surface area contributed by atoms with Gasteiger partial charge in [0, 0.05) is 13.1 Å². The summed E-state index contributed by atoms with van der Waals surface area (Å²) in [6, 6.07) is 20.9. The topological polar surface area (TPSA) is 86.8 Å². The first kappa shape index (κ1) is 30.9. The van der Waals surface area contributed by atoms with E-state index in [1.54, 1.807) is 43.3 Å². The normalized spacial score (nSPS) is 12.0. The molecular formula is C32H41N3O4S. The number of sulfonamides is 1. The second-order valence-corrected chi connectivity index (χ2v) is 12.1. The summed E-state index contributed by atoms with van der Waals surface area (Å²) in [4.78, 5) is 28.6. The Bertz CT molecular complexity index is 1390. The van der Waals surface area contributed by atoms with Gasteiger partial charge in [0.15, 0.2) is 0 Å². The molecular weight excluding hydrogens is 522 g/mol. The van der Waals surface area contributed by atoms with Gasteiger partial charge in [-0.1, -0.05) is 67.4 Å². The van der Waals surface area contributed by atoms with Crippen LogP contribution in [-0.2, 0) is 26.0 Å². The quantitative estimate of drug-likeness (QED) is 0.290. The highest BCUT2D eigenvalue weighted by atomic mass is 32.2. The van der Waals surface area contributed by atoms with Crippen LogP contribution in [0, 0.1) is 20.8 Å². The molecule has 1 N–H and O–H groups in total. The van der Waals surface area contributed by atoms with E-state index in [4.69, 9.17) is 0 Å². The van der Waals surface area contributed by atoms with Crippen molar-refractivity contribution in [2.75, 3.05) is 23.9 Å². The summed E-state index contributed by atoms with van der Waals surface area (Å²) in [5, 5.41) is 2.91. The van der Waals surface area contributed by atoms with E-state index in [9.17, 15) is 18.0 Å². The zero-order valence-corrected chi connectivity index (χ0v) is 25.0. The number of rotatable bonds is 13. The molecule has 40 heavy (non-hydrogen) atoms.